The van der Waals surface area contributed by atoms with Gasteiger partial charge in [0.1, 0.15) is 6.61 Å². The summed E-state index contributed by atoms with van der Waals surface area (Å²) in [4.78, 5) is 0. The van der Waals surface area contributed by atoms with Gasteiger partial charge in [0.25, 0.3) is 0 Å². The minimum Gasteiger partial charge on any atom is -0.490 e. The van der Waals surface area contributed by atoms with Crippen molar-refractivity contribution >= 4 is 23.2 Å². The topological polar surface area (TPSA) is 39.7 Å². The summed E-state index contributed by atoms with van der Waals surface area (Å²) in [5, 5.41) is 4.63. The Morgan fingerprint density at radius 3 is 2.63 bits per heavy atom. The Balaban J connectivity index is 1.62. The van der Waals surface area contributed by atoms with E-state index in [9.17, 15) is 0 Å². The monoisotopic (exact) mass is 409 g/mol. The molecule has 1 N–H and O–H groups in total. The van der Waals surface area contributed by atoms with E-state index in [0.29, 0.717) is 28.5 Å². The van der Waals surface area contributed by atoms with E-state index in [-0.39, 0.29) is 6.61 Å². The maximum absolute atomic E-state index is 6.22. The Bertz CT molecular complexity index is 728. The largest absolute Gasteiger partial charge is 0.490 e. The first-order chi connectivity index (χ1) is 13.2. The van der Waals surface area contributed by atoms with Gasteiger partial charge >= 0.3 is 0 Å². The Morgan fingerprint density at radius 2 is 1.93 bits per heavy atom. The van der Waals surface area contributed by atoms with Crippen molar-refractivity contribution in [2.75, 3.05) is 19.8 Å². The van der Waals surface area contributed by atoms with Crippen molar-refractivity contribution in [2.24, 2.45) is 0 Å². The molecular formula is C21H25Cl2NO3. The van der Waals surface area contributed by atoms with Crippen molar-refractivity contribution in [1.29, 1.82) is 0 Å². The second-order valence-electron chi connectivity index (χ2n) is 6.47. The first-order valence-corrected chi connectivity index (χ1v) is 10.1. The SMILES string of the molecule is CCOc1cc(CNC[C@@H]2CCCO2)ccc1OCc1c(Cl)cccc1Cl. The molecule has 3 rings (SSSR count). The highest BCUT2D eigenvalue weighted by molar-refractivity contribution is 6.35. The zero-order valence-corrected chi connectivity index (χ0v) is 17.0. The molecule has 0 saturated carbocycles. The molecule has 1 aliphatic heterocycles. The number of rotatable bonds is 9. The van der Waals surface area contributed by atoms with Gasteiger partial charge in [0, 0.05) is 35.3 Å². The number of nitrogens with one attached hydrogen (secondary N) is 1. The summed E-state index contributed by atoms with van der Waals surface area (Å²) in [5.74, 6) is 1.40. The smallest absolute Gasteiger partial charge is 0.161 e. The molecule has 0 amide bonds. The summed E-state index contributed by atoms with van der Waals surface area (Å²) in [6, 6.07) is 11.4. The number of hydrogen-bond acceptors (Lipinski definition) is 4. The fraction of sp³-hybridized carbons (Fsp3) is 0.429. The lowest BCUT2D eigenvalue weighted by molar-refractivity contribution is 0.110. The van der Waals surface area contributed by atoms with Gasteiger partial charge in [-0.15, -0.1) is 0 Å². The van der Waals surface area contributed by atoms with Crippen LogP contribution in [0.1, 0.15) is 30.9 Å². The van der Waals surface area contributed by atoms with Crippen LogP contribution in [0.3, 0.4) is 0 Å². The van der Waals surface area contributed by atoms with Crippen LogP contribution in [-0.2, 0) is 17.9 Å². The van der Waals surface area contributed by atoms with Gasteiger partial charge in [-0.3, -0.25) is 0 Å². The van der Waals surface area contributed by atoms with E-state index in [4.69, 9.17) is 37.4 Å². The molecule has 2 aromatic carbocycles. The van der Waals surface area contributed by atoms with Crippen molar-refractivity contribution < 1.29 is 14.2 Å². The van der Waals surface area contributed by atoms with Crippen LogP contribution in [0.25, 0.3) is 0 Å². The van der Waals surface area contributed by atoms with Gasteiger partial charge in [0.2, 0.25) is 0 Å². The Morgan fingerprint density at radius 1 is 1.11 bits per heavy atom. The molecular weight excluding hydrogens is 385 g/mol. The summed E-state index contributed by atoms with van der Waals surface area (Å²) >= 11 is 12.4. The van der Waals surface area contributed by atoms with Crippen molar-refractivity contribution in [1.82, 2.24) is 5.32 Å². The van der Waals surface area contributed by atoms with Crippen LogP contribution in [0.2, 0.25) is 10.0 Å². The van der Waals surface area contributed by atoms with Gasteiger partial charge in [0.05, 0.1) is 12.7 Å². The third-order valence-electron chi connectivity index (χ3n) is 4.47. The molecule has 0 aliphatic carbocycles. The highest BCUT2D eigenvalue weighted by atomic mass is 35.5. The van der Waals surface area contributed by atoms with E-state index in [1.54, 1.807) is 12.1 Å². The molecule has 0 bridgehead atoms. The van der Waals surface area contributed by atoms with Crippen LogP contribution >= 0.6 is 23.2 Å². The summed E-state index contributed by atoms with van der Waals surface area (Å²) in [6.45, 7) is 5.31. The third kappa shape index (κ3) is 5.76. The summed E-state index contributed by atoms with van der Waals surface area (Å²) in [7, 11) is 0. The van der Waals surface area contributed by atoms with Gasteiger partial charge in [0.15, 0.2) is 11.5 Å². The normalized spacial score (nSPS) is 16.5. The Kier molecular flexibility index (Phi) is 7.65. The van der Waals surface area contributed by atoms with Crippen molar-refractivity contribution in [3.63, 3.8) is 0 Å². The van der Waals surface area contributed by atoms with E-state index in [2.05, 4.69) is 5.32 Å². The van der Waals surface area contributed by atoms with Gasteiger partial charge in [-0.2, -0.15) is 0 Å². The summed E-state index contributed by atoms with van der Waals surface area (Å²) < 4.78 is 17.3. The van der Waals surface area contributed by atoms with Crippen LogP contribution in [-0.4, -0.2) is 25.9 Å². The van der Waals surface area contributed by atoms with Crippen molar-refractivity contribution in [2.45, 2.75) is 39.0 Å². The van der Waals surface area contributed by atoms with Crippen LogP contribution in [0.15, 0.2) is 36.4 Å². The Labute approximate surface area is 170 Å². The van der Waals surface area contributed by atoms with Gasteiger partial charge in [-0.05, 0) is 49.6 Å². The number of ether oxygens (including phenoxy) is 3. The summed E-state index contributed by atoms with van der Waals surface area (Å²) in [5.41, 5.74) is 1.91. The molecule has 0 radical (unpaired) electrons. The Hall–Kier alpha value is -1.46. The van der Waals surface area contributed by atoms with Crippen LogP contribution in [0.4, 0.5) is 0 Å². The predicted molar refractivity (Wildman–Crippen MR) is 109 cm³/mol. The van der Waals surface area contributed by atoms with Gasteiger partial charge in [-0.1, -0.05) is 35.3 Å². The number of benzene rings is 2. The molecule has 1 atom stereocenters. The minimum atomic E-state index is 0.287. The lowest BCUT2D eigenvalue weighted by atomic mass is 10.2. The maximum atomic E-state index is 6.22. The minimum absolute atomic E-state index is 0.287. The lowest BCUT2D eigenvalue weighted by Gasteiger charge is -2.15. The van der Waals surface area contributed by atoms with Crippen LogP contribution in [0.5, 0.6) is 11.5 Å². The summed E-state index contributed by atoms with van der Waals surface area (Å²) in [6.07, 6.45) is 2.62. The van der Waals surface area contributed by atoms with Crippen LogP contribution < -0.4 is 14.8 Å². The lowest BCUT2D eigenvalue weighted by Crippen LogP contribution is -2.25. The molecule has 1 heterocycles. The second-order valence-corrected chi connectivity index (χ2v) is 7.28. The number of halogens is 2. The first kappa shape index (κ1) is 20.3. The fourth-order valence-electron chi connectivity index (χ4n) is 3.05. The van der Waals surface area contributed by atoms with Gasteiger partial charge in [-0.25, -0.2) is 0 Å². The van der Waals surface area contributed by atoms with E-state index in [0.717, 1.165) is 49.4 Å². The van der Waals surface area contributed by atoms with E-state index < -0.39 is 0 Å². The molecule has 6 heteroatoms. The molecule has 0 unspecified atom stereocenters. The van der Waals surface area contributed by atoms with Crippen molar-refractivity contribution in [3.8, 4) is 11.5 Å². The molecule has 1 fully saturated rings. The standard InChI is InChI=1S/C21H25Cl2NO3/c1-2-25-21-11-15(12-24-13-16-5-4-10-26-16)8-9-20(21)27-14-17-18(22)6-3-7-19(17)23/h3,6-9,11,16,24H,2,4-5,10,12-14H2,1H3/t16-/m0/s1. The average Bonchev–Trinajstić information content (AvgIpc) is 3.16. The zero-order chi connectivity index (χ0) is 19.1. The molecule has 27 heavy (non-hydrogen) atoms. The zero-order valence-electron chi connectivity index (χ0n) is 15.5. The molecule has 146 valence electrons. The van der Waals surface area contributed by atoms with E-state index >= 15 is 0 Å². The highest BCUT2D eigenvalue weighted by Crippen LogP contribution is 2.31. The number of hydrogen-bond donors (Lipinski definition) is 1. The van der Waals surface area contributed by atoms with E-state index in [1.807, 2.05) is 31.2 Å². The maximum Gasteiger partial charge on any atom is 0.161 e. The third-order valence-corrected chi connectivity index (χ3v) is 5.18. The first-order valence-electron chi connectivity index (χ1n) is 9.31. The quantitative estimate of drug-likeness (QED) is 0.614. The molecule has 0 spiro atoms. The molecule has 4 nitrogen and oxygen atoms in total. The predicted octanol–water partition coefficient (Wildman–Crippen LogP) is 5.24. The molecule has 1 aliphatic rings. The van der Waals surface area contributed by atoms with Crippen molar-refractivity contribution in [3.05, 3.63) is 57.6 Å². The average molecular weight is 410 g/mol. The molecule has 1 saturated heterocycles. The van der Waals surface area contributed by atoms with Gasteiger partial charge < -0.3 is 19.5 Å². The van der Waals surface area contributed by atoms with Crippen LogP contribution in [0, 0.1) is 0 Å². The van der Waals surface area contributed by atoms with E-state index in [1.165, 1.54) is 0 Å². The molecule has 2 aromatic rings. The fourth-order valence-corrected chi connectivity index (χ4v) is 3.56. The highest BCUT2D eigenvalue weighted by Gasteiger charge is 2.15. The molecule has 0 aromatic heterocycles. The second kappa shape index (κ2) is 10.2.